The summed E-state index contributed by atoms with van der Waals surface area (Å²) < 4.78 is 25.3. The van der Waals surface area contributed by atoms with E-state index in [-0.39, 0.29) is 12.4 Å². The van der Waals surface area contributed by atoms with E-state index in [1.807, 2.05) is 12.1 Å². The van der Waals surface area contributed by atoms with Crippen LogP contribution in [0.4, 0.5) is 4.39 Å². The molecule has 106 valence electrons. The van der Waals surface area contributed by atoms with Gasteiger partial charge in [0.15, 0.2) is 11.6 Å². The van der Waals surface area contributed by atoms with Crippen molar-refractivity contribution in [2.75, 3.05) is 7.11 Å². The van der Waals surface area contributed by atoms with Gasteiger partial charge in [0.2, 0.25) is 0 Å². The average molecular weight is 360 g/mol. The van der Waals surface area contributed by atoms with Gasteiger partial charge < -0.3 is 9.47 Å². The Morgan fingerprint density at radius 2 is 2.00 bits per heavy atom. The number of hydrogen-bond acceptors (Lipinski definition) is 2. The van der Waals surface area contributed by atoms with E-state index in [1.54, 1.807) is 24.3 Å². The van der Waals surface area contributed by atoms with E-state index < -0.39 is 5.82 Å². The molecule has 0 aliphatic rings. The fourth-order valence-electron chi connectivity index (χ4n) is 1.73. The minimum atomic E-state index is -0.400. The first-order valence-corrected chi connectivity index (χ1v) is 7.27. The maximum Gasteiger partial charge on any atom is 0.171 e. The Bertz CT molecular complexity index is 604. The molecule has 5 heteroatoms. The number of methoxy groups -OCH3 is 1. The van der Waals surface area contributed by atoms with Crippen LogP contribution in [0, 0.1) is 5.82 Å². The smallest absolute Gasteiger partial charge is 0.171 e. The SMILES string of the molecule is COc1cccc(COc2ccc(CCl)cc2Br)c1F. The molecule has 0 atom stereocenters. The zero-order chi connectivity index (χ0) is 14.5. The van der Waals surface area contributed by atoms with E-state index in [0.29, 0.717) is 17.2 Å². The lowest BCUT2D eigenvalue weighted by Crippen LogP contribution is -2.01. The second kappa shape index (κ2) is 6.95. The standard InChI is InChI=1S/C15H13BrClFO2/c1-19-14-4-2-3-11(15(14)18)9-20-13-6-5-10(8-17)7-12(13)16/h2-7H,8-9H2,1H3. The third-order valence-electron chi connectivity index (χ3n) is 2.80. The summed E-state index contributed by atoms with van der Waals surface area (Å²) in [4.78, 5) is 0. The summed E-state index contributed by atoms with van der Waals surface area (Å²) >= 11 is 9.16. The largest absolute Gasteiger partial charge is 0.494 e. The molecule has 0 spiro atoms. The van der Waals surface area contributed by atoms with E-state index in [9.17, 15) is 4.39 Å². The van der Waals surface area contributed by atoms with Gasteiger partial charge in [0.05, 0.1) is 11.6 Å². The number of alkyl halides is 1. The number of rotatable bonds is 5. The van der Waals surface area contributed by atoms with Crippen LogP contribution in [0.3, 0.4) is 0 Å². The highest BCUT2D eigenvalue weighted by Gasteiger charge is 2.10. The van der Waals surface area contributed by atoms with Gasteiger partial charge in [0.1, 0.15) is 12.4 Å². The predicted octanol–water partition coefficient (Wildman–Crippen LogP) is 4.91. The van der Waals surface area contributed by atoms with E-state index in [0.717, 1.165) is 10.0 Å². The van der Waals surface area contributed by atoms with Crippen molar-refractivity contribution >= 4 is 27.5 Å². The molecule has 2 aromatic rings. The topological polar surface area (TPSA) is 18.5 Å². The summed E-state index contributed by atoms with van der Waals surface area (Å²) in [6, 6.07) is 10.5. The van der Waals surface area contributed by atoms with Crippen molar-refractivity contribution in [3.05, 3.63) is 57.8 Å². The number of ether oxygens (including phenoxy) is 2. The fraction of sp³-hybridized carbons (Fsp3) is 0.200. The molecule has 0 bridgehead atoms. The van der Waals surface area contributed by atoms with Gasteiger partial charge in [-0.25, -0.2) is 4.39 Å². The highest BCUT2D eigenvalue weighted by Crippen LogP contribution is 2.28. The van der Waals surface area contributed by atoms with Gasteiger partial charge in [-0.2, -0.15) is 0 Å². The molecule has 0 amide bonds. The summed E-state index contributed by atoms with van der Waals surface area (Å²) in [5.74, 6) is 0.885. The Morgan fingerprint density at radius 1 is 1.20 bits per heavy atom. The van der Waals surface area contributed by atoms with Gasteiger partial charge in [-0.15, -0.1) is 11.6 Å². The minimum absolute atomic E-state index is 0.127. The molecule has 0 radical (unpaired) electrons. The van der Waals surface area contributed by atoms with Crippen LogP contribution in [-0.4, -0.2) is 7.11 Å². The zero-order valence-corrected chi connectivity index (χ0v) is 13.2. The molecule has 0 aliphatic heterocycles. The highest BCUT2D eigenvalue weighted by atomic mass is 79.9. The van der Waals surface area contributed by atoms with Crippen molar-refractivity contribution in [1.82, 2.24) is 0 Å². The van der Waals surface area contributed by atoms with Crippen LogP contribution in [0.15, 0.2) is 40.9 Å². The molecule has 0 aromatic heterocycles. The summed E-state index contributed by atoms with van der Waals surface area (Å²) in [5, 5.41) is 0. The van der Waals surface area contributed by atoms with Gasteiger partial charge in [0, 0.05) is 11.4 Å². The first kappa shape index (κ1) is 15.1. The molecule has 0 unspecified atom stereocenters. The number of benzene rings is 2. The third kappa shape index (κ3) is 3.44. The van der Waals surface area contributed by atoms with Crippen LogP contribution in [0.5, 0.6) is 11.5 Å². The molecule has 0 aliphatic carbocycles. The number of halogens is 3. The third-order valence-corrected chi connectivity index (χ3v) is 3.73. The molecular formula is C15H13BrClFO2. The van der Waals surface area contributed by atoms with Crippen molar-refractivity contribution in [1.29, 1.82) is 0 Å². The van der Waals surface area contributed by atoms with Crippen molar-refractivity contribution in [3.8, 4) is 11.5 Å². The molecule has 2 aromatic carbocycles. The van der Waals surface area contributed by atoms with Crippen molar-refractivity contribution in [3.63, 3.8) is 0 Å². The molecule has 0 saturated carbocycles. The number of hydrogen-bond donors (Lipinski definition) is 0. The average Bonchev–Trinajstić information content (AvgIpc) is 2.47. The van der Waals surface area contributed by atoms with Crippen LogP contribution < -0.4 is 9.47 Å². The Hall–Kier alpha value is -1.26. The lowest BCUT2D eigenvalue weighted by molar-refractivity contribution is 0.294. The van der Waals surface area contributed by atoms with Gasteiger partial charge in [-0.1, -0.05) is 18.2 Å². The lowest BCUT2D eigenvalue weighted by Gasteiger charge is -2.11. The van der Waals surface area contributed by atoms with Crippen molar-refractivity contribution in [2.24, 2.45) is 0 Å². The molecule has 0 N–H and O–H groups in total. The first-order valence-electron chi connectivity index (χ1n) is 5.94. The second-order valence-electron chi connectivity index (χ2n) is 4.12. The summed E-state index contributed by atoms with van der Waals surface area (Å²) in [6.07, 6.45) is 0. The molecule has 0 heterocycles. The molecule has 0 saturated heterocycles. The Balaban J connectivity index is 2.13. The van der Waals surface area contributed by atoms with Crippen LogP contribution in [0.1, 0.15) is 11.1 Å². The van der Waals surface area contributed by atoms with E-state index >= 15 is 0 Å². The molecule has 2 rings (SSSR count). The zero-order valence-electron chi connectivity index (χ0n) is 10.8. The molecule has 2 nitrogen and oxygen atoms in total. The van der Waals surface area contributed by atoms with Crippen LogP contribution in [-0.2, 0) is 12.5 Å². The Labute approximate surface area is 130 Å². The normalized spacial score (nSPS) is 10.4. The van der Waals surface area contributed by atoms with Gasteiger partial charge in [-0.3, -0.25) is 0 Å². The van der Waals surface area contributed by atoms with Gasteiger partial charge >= 0.3 is 0 Å². The summed E-state index contributed by atoms with van der Waals surface area (Å²) in [6.45, 7) is 0.127. The summed E-state index contributed by atoms with van der Waals surface area (Å²) in [7, 11) is 1.44. The summed E-state index contributed by atoms with van der Waals surface area (Å²) in [5.41, 5.74) is 1.43. The van der Waals surface area contributed by atoms with E-state index in [2.05, 4.69) is 15.9 Å². The van der Waals surface area contributed by atoms with Crippen molar-refractivity contribution in [2.45, 2.75) is 12.5 Å². The van der Waals surface area contributed by atoms with Gasteiger partial charge in [-0.05, 0) is 39.7 Å². The maximum atomic E-state index is 14.0. The minimum Gasteiger partial charge on any atom is -0.494 e. The van der Waals surface area contributed by atoms with E-state index in [1.165, 1.54) is 7.11 Å². The quantitative estimate of drug-likeness (QED) is 0.706. The maximum absolute atomic E-state index is 14.0. The van der Waals surface area contributed by atoms with Crippen LogP contribution >= 0.6 is 27.5 Å². The fourth-order valence-corrected chi connectivity index (χ4v) is 2.43. The Morgan fingerprint density at radius 3 is 2.65 bits per heavy atom. The van der Waals surface area contributed by atoms with Crippen molar-refractivity contribution < 1.29 is 13.9 Å². The predicted molar refractivity (Wildman–Crippen MR) is 81.0 cm³/mol. The highest BCUT2D eigenvalue weighted by molar-refractivity contribution is 9.10. The second-order valence-corrected chi connectivity index (χ2v) is 5.24. The molecular weight excluding hydrogens is 347 g/mol. The first-order chi connectivity index (χ1) is 9.65. The van der Waals surface area contributed by atoms with E-state index in [4.69, 9.17) is 21.1 Å². The molecule has 20 heavy (non-hydrogen) atoms. The monoisotopic (exact) mass is 358 g/mol. The molecule has 0 fully saturated rings. The van der Waals surface area contributed by atoms with Crippen LogP contribution in [0.25, 0.3) is 0 Å². The lowest BCUT2D eigenvalue weighted by atomic mass is 10.2. The van der Waals surface area contributed by atoms with Gasteiger partial charge in [0.25, 0.3) is 0 Å². The Kier molecular flexibility index (Phi) is 5.26. The van der Waals surface area contributed by atoms with Crippen LogP contribution in [0.2, 0.25) is 0 Å².